The van der Waals surface area contributed by atoms with Crippen molar-refractivity contribution in [1.82, 2.24) is 15.2 Å². The third kappa shape index (κ3) is 3.41. The molecule has 1 N–H and O–H groups in total. The lowest BCUT2D eigenvalue weighted by Gasteiger charge is -2.34. The smallest absolute Gasteiger partial charge is 0.258 e. The summed E-state index contributed by atoms with van der Waals surface area (Å²) in [5.41, 5.74) is 2.08. The first kappa shape index (κ1) is 19.5. The number of carbonyl (C=O) groups excluding carboxylic acids is 2. The average molecular weight is 420 g/mol. The number of methoxy groups -OCH3 is 1. The lowest BCUT2D eigenvalue weighted by Crippen LogP contribution is -2.48. The number of rotatable bonds is 4. The van der Waals surface area contributed by atoms with Crippen LogP contribution >= 0.6 is 0 Å². The van der Waals surface area contributed by atoms with Crippen LogP contribution in [0.1, 0.15) is 42.5 Å². The van der Waals surface area contributed by atoms with E-state index in [1.807, 2.05) is 12.1 Å². The molecule has 0 spiro atoms. The van der Waals surface area contributed by atoms with Gasteiger partial charge in [-0.3, -0.25) is 9.59 Å². The summed E-state index contributed by atoms with van der Waals surface area (Å²) in [7, 11) is 1.55. The molecule has 1 saturated heterocycles. The highest BCUT2D eigenvalue weighted by Gasteiger charge is 2.48. The van der Waals surface area contributed by atoms with E-state index >= 15 is 0 Å². The van der Waals surface area contributed by atoms with Crippen molar-refractivity contribution in [3.63, 3.8) is 0 Å². The van der Waals surface area contributed by atoms with Gasteiger partial charge >= 0.3 is 0 Å². The summed E-state index contributed by atoms with van der Waals surface area (Å²) >= 11 is 0. The van der Waals surface area contributed by atoms with Crippen LogP contribution < -0.4 is 10.1 Å². The SMILES string of the molecule is COc1ccccc1C(=O)N1[C@@H]2CCCC[C@@H]2C[C@H]1C(=O)Nc1cccc2nonc12. The van der Waals surface area contributed by atoms with Gasteiger partial charge in [0.25, 0.3) is 5.91 Å². The Morgan fingerprint density at radius 3 is 2.81 bits per heavy atom. The molecular formula is C23H24N4O4. The second kappa shape index (κ2) is 8.02. The van der Waals surface area contributed by atoms with Crippen LogP contribution in [-0.4, -0.2) is 46.2 Å². The number of hydrogen-bond donors (Lipinski definition) is 1. The Morgan fingerprint density at radius 2 is 1.94 bits per heavy atom. The molecule has 0 radical (unpaired) electrons. The summed E-state index contributed by atoms with van der Waals surface area (Å²) < 4.78 is 10.2. The van der Waals surface area contributed by atoms with Gasteiger partial charge in [0.1, 0.15) is 17.3 Å². The number of hydrogen-bond acceptors (Lipinski definition) is 6. The molecule has 1 aromatic heterocycles. The van der Waals surface area contributed by atoms with E-state index in [2.05, 4.69) is 15.6 Å². The summed E-state index contributed by atoms with van der Waals surface area (Å²) in [6, 6.07) is 12.0. The summed E-state index contributed by atoms with van der Waals surface area (Å²) in [6.45, 7) is 0. The minimum atomic E-state index is -0.555. The molecule has 3 atom stereocenters. The maximum atomic E-state index is 13.6. The second-order valence-electron chi connectivity index (χ2n) is 8.20. The highest BCUT2D eigenvalue weighted by molar-refractivity contribution is 6.05. The van der Waals surface area contributed by atoms with Crippen molar-refractivity contribution < 1.29 is 19.0 Å². The van der Waals surface area contributed by atoms with E-state index in [0.717, 1.165) is 25.7 Å². The molecular weight excluding hydrogens is 396 g/mol. The van der Waals surface area contributed by atoms with E-state index in [-0.39, 0.29) is 17.9 Å². The van der Waals surface area contributed by atoms with Gasteiger partial charge in [-0.25, -0.2) is 4.63 Å². The van der Waals surface area contributed by atoms with Gasteiger partial charge in [-0.15, -0.1) is 0 Å². The van der Waals surface area contributed by atoms with Gasteiger partial charge in [0.15, 0.2) is 5.52 Å². The Morgan fingerprint density at radius 1 is 1.10 bits per heavy atom. The zero-order valence-electron chi connectivity index (χ0n) is 17.3. The molecule has 8 heteroatoms. The number of ether oxygens (including phenoxy) is 1. The summed E-state index contributed by atoms with van der Waals surface area (Å²) in [6.07, 6.45) is 4.81. The second-order valence-corrected chi connectivity index (χ2v) is 8.20. The quantitative estimate of drug-likeness (QED) is 0.692. The molecule has 2 aliphatic rings. The molecule has 5 rings (SSSR count). The molecule has 0 bridgehead atoms. The number of anilines is 1. The first-order valence-corrected chi connectivity index (χ1v) is 10.6. The first-order chi connectivity index (χ1) is 15.2. The first-order valence-electron chi connectivity index (χ1n) is 10.6. The van der Waals surface area contributed by atoms with Crippen LogP contribution in [0.25, 0.3) is 11.0 Å². The van der Waals surface area contributed by atoms with E-state index in [4.69, 9.17) is 9.37 Å². The fraction of sp³-hybridized carbons (Fsp3) is 0.391. The topological polar surface area (TPSA) is 97.6 Å². The van der Waals surface area contributed by atoms with Crippen molar-refractivity contribution in [2.24, 2.45) is 5.92 Å². The van der Waals surface area contributed by atoms with Crippen LogP contribution in [0.2, 0.25) is 0 Å². The maximum absolute atomic E-state index is 13.6. The minimum absolute atomic E-state index is 0.0615. The summed E-state index contributed by atoms with van der Waals surface area (Å²) in [5, 5.41) is 10.7. The van der Waals surface area contributed by atoms with Gasteiger partial charge in [-0.05, 0) is 59.8 Å². The summed E-state index contributed by atoms with van der Waals surface area (Å²) in [4.78, 5) is 28.8. The van der Waals surface area contributed by atoms with Crippen LogP contribution in [0.4, 0.5) is 5.69 Å². The summed E-state index contributed by atoms with van der Waals surface area (Å²) in [5.74, 6) is 0.471. The lowest BCUT2D eigenvalue weighted by molar-refractivity contribution is -0.120. The van der Waals surface area contributed by atoms with Crippen LogP contribution in [0.5, 0.6) is 5.75 Å². The Labute approximate surface area is 179 Å². The van der Waals surface area contributed by atoms with Crippen molar-refractivity contribution in [2.45, 2.75) is 44.2 Å². The number of para-hydroxylation sites is 1. The van der Waals surface area contributed by atoms with Gasteiger partial charge in [0.05, 0.1) is 18.4 Å². The van der Waals surface area contributed by atoms with Crippen molar-refractivity contribution in [3.8, 4) is 5.75 Å². The fourth-order valence-electron chi connectivity index (χ4n) is 5.07. The number of carbonyl (C=O) groups is 2. The molecule has 2 aromatic carbocycles. The van der Waals surface area contributed by atoms with E-state index in [1.54, 1.807) is 42.3 Å². The van der Waals surface area contributed by atoms with E-state index in [1.165, 1.54) is 0 Å². The number of benzene rings is 2. The standard InChI is InChI=1S/C23H24N4O4/c1-30-20-12-5-3-8-15(20)23(29)27-18-11-4-2-7-14(18)13-19(27)22(28)24-16-9-6-10-17-21(16)26-31-25-17/h3,5-6,8-10,12,14,18-19H,2,4,7,11,13H2,1H3,(H,24,28)/t14-,18-,19+/m1/s1. The van der Waals surface area contributed by atoms with Crippen LogP contribution in [0.3, 0.4) is 0 Å². The van der Waals surface area contributed by atoms with E-state index in [9.17, 15) is 9.59 Å². The highest BCUT2D eigenvalue weighted by atomic mass is 16.6. The molecule has 1 aliphatic carbocycles. The minimum Gasteiger partial charge on any atom is -0.496 e. The van der Waals surface area contributed by atoms with Gasteiger partial charge in [0.2, 0.25) is 5.91 Å². The Hall–Kier alpha value is -3.42. The number of nitrogens with one attached hydrogen (secondary N) is 1. The van der Waals surface area contributed by atoms with Gasteiger partial charge in [0, 0.05) is 6.04 Å². The average Bonchev–Trinajstić information content (AvgIpc) is 3.44. The van der Waals surface area contributed by atoms with Crippen LogP contribution in [-0.2, 0) is 4.79 Å². The number of likely N-dealkylation sites (tertiary alicyclic amines) is 1. The van der Waals surface area contributed by atoms with Crippen LogP contribution in [0.15, 0.2) is 47.1 Å². The maximum Gasteiger partial charge on any atom is 0.258 e. The molecule has 1 saturated carbocycles. The number of fused-ring (bicyclic) bond motifs is 2. The van der Waals surface area contributed by atoms with Crippen molar-refractivity contribution in [1.29, 1.82) is 0 Å². The van der Waals surface area contributed by atoms with Gasteiger partial charge < -0.3 is 15.0 Å². The van der Waals surface area contributed by atoms with Crippen LogP contribution in [0, 0.1) is 5.92 Å². The predicted molar refractivity (Wildman–Crippen MR) is 114 cm³/mol. The largest absolute Gasteiger partial charge is 0.496 e. The zero-order chi connectivity index (χ0) is 21.4. The predicted octanol–water partition coefficient (Wildman–Crippen LogP) is 3.64. The zero-order valence-corrected chi connectivity index (χ0v) is 17.3. The Balaban J connectivity index is 1.47. The highest BCUT2D eigenvalue weighted by Crippen LogP contribution is 2.41. The lowest BCUT2D eigenvalue weighted by atomic mass is 9.84. The van der Waals surface area contributed by atoms with Gasteiger partial charge in [-0.2, -0.15) is 0 Å². The fourth-order valence-corrected chi connectivity index (χ4v) is 5.07. The molecule has 2 amide bonds. The van der Waals surface area contributed by atoms with Crippen molar-refractivity contribution in [2.75, 3.05) is 12.4 Å². The number of nitrogens with zero attached hydrogens (tertiary/aromatic N) is 3. The van der Waals surface area contributed by atoms with Gasteiger partial charge in [-0.1, -0.05) is 31.0 Å². The Kier molecular flexibility index (Phi) is 5.05. The molecule has 0 unspecified atom stereocenters. The molecule has 3 aromatic rings. The molecule has 2 fully saturated rings. The molecule has 31 heavy (non-hydrogen) atoms. The monoisotopic (exact) mass is 420 g/mol. The van der Waals surface area contributed by atoms with Crippen molar-refractivity contribution in [3.05, 3.63) is 48.0 Å². The third-order valence-corrected chi connectivity index (χ3v) is 6.51. The number of aromatic nitrogens is 2. The van der Waals surface area contributed by atoms with Crippen molar-refractivity contribution >= 4 is 28.5 Å². The molecule has 160 valence electrons. The Bertz CT molecular complexity index is 1130. The molecule has 1 aliphatic heterocycles. The number of amides is 2. The molecule has 2 heterocycles. The normalized spacial score (nSPS) is 22.9. The van der Waals surface area contributed by atoms with E-state index in [0.29, 0.717) is 40.4 Å². The molecule has 8 nitrogen and oxygen atoms in total. The van der Waals surface area contributed by atoms with E-state index < -0.39 is 6.04 Å². The third-order valence-electron chi connectivity index (χ3n) is 6.51.